The molecule has 0 fully saturated rings. The van der Waals surface area contributed by atoms with Crippen LogP contribution in [0.15, 0.2) is 97.3 Å². The van der Waals surface area contributed by atoms with Crippen LogP contribution in [0.1, 0.15) is 70.0 Å². The molecule has 4 rings (SSSR count). The summed E-state index contributed by atoms with van der Waals surface area (Å²) in [7, 11) is -0.530. The van der Waals surface area contributed by atoms with Gasteiger partial charge >= 0.3 is 0 Å². The maximum atomic E-state index is 4.94. The second kappa shape index (κ2) is 11.1. The van der Waals surface area contributed by atoms with Crippen molar-refractivity contribution in [1.82, 2.24) is 9.97 Å². The number of aromatic nitrogens is 2. The SMILES string of the molecule is CC(Cc1ccc(C(C)(C)C)nc1)c1ccc(CC(C)(C)P(c2ccccc2)c2ccccc2)nc1. The molecule has 2 aromatic carbocycles. The Morgan fingerprint density at radius 2 is 1.31 bits per heavy atom. The normalized spacial score (nSPS) is 13.1. The van der Waals surface area contributed by atoms with Crippen LogP contribution in [0.5, 0.6) is 0 Å². The molecule has 0 radical (unpaired) electrons. The average Bonchev–Trinajstić information content (AvgIpc) is 2.85. The first-order valence-electron chi connectivity index (χ1n) is 12.9. The summed E-state index contributed by atoms with van der Waals surface area (Å²) >= 11 is 0. The fourth-order valence-corrected chi connectivity index (χ4v) is 7.77. The number of nitrogens with zero attached hydrogens (tertiary/aromatic N) is 2. The van der Waals surface area contributed by atoms with E-state index in [1.807, 2.05) is 6.20 Å². The maximum Gasteiger partial charge on any atom is 0.0457 e. The summed E-state index contributed by atoms with van der Waals surface area (Å²) in [5.41, 5.74) is 4.94. The van der Waals surface area contributed by atoms with Crippen LogP contribution in [0.3, 0.4) is 0 Å². The van der Waals surface area contributed by atoms with Gasteiger partial charge in [-0.1, -0.05) is 114 Å². The lowest BCUT2D eigenvalue weighted by Crippen LogP contribution is -2.31. The Bertz CT molecular complexity index is 1190. The lowest BCUT2D eigenvalue weighted by atomic mass is 9.90. The zero-order chi connectivity index (χ0) is 25.8. The number of hydrogen-bond acceptors (Lipinski definition) is 2. The van der Waals surface area contributed by atoms with E-state index >= 15 is 0 Å². The van der Waals surface area contributed by atoms with Crippen molar-refractivity contribution < 1.29 is 0 Å². The van der Waals surface area contributed by atoms with Crippen molar-refractivity contribution in [1.29, 1.82) is 0 Å². The van der Waals surface area contributed by atoms with Gasteiger partial charge in [0.2, 0.25) is 0 Å². The molecule has 0 amide bonds. The molecule has 0 bridgehead atoms. The molecule has 0 saturated heterocycles. The molecular formula is C33H39N2P. The molecule has 3 heteroatoms. The van der Waals surface area contributed by atoms with E-state index in [1.54, 1.807) is 0 Å². The quantitative estimate of drug-likeness (QED) is 0.236. The molecule has 0 aliphatic heterocycles. The Balaban J connectivity index is 1.48. The second-order valence-electron chi connectivity index (χ2n) is 11.5. The molecule has 1 atom stereocenters. The molecule has 186 valence electrons. The van der Waals surface area contributed by atoms with E-state index < -0.39 is 7.92 Å². The minimum atomic E-state index is -0.530. The van der Waals surface area contributed by atoms with Gasteiger partial charge in [-0.05, 0) is 65.7 Å². The predicted octanol–water partition coefficient (Wildman–Crippen LogP) is 7.57. The zero-order valence-corrected chi connectivity index (χ0v) is 23.5. The van der Waals surface area contributed by atoms with Crippen molar-refractivity contribution >= 4 is 18.5 Å². The lowest BCUT2D eigenvalue weighted by Gasteiger charge is -2.35. The Labute approximate surface area is 219 Å². The van der Waals surface area contributed by atoms with Crippen LogP contribution in [0.4, 0.5) is 0 Å². The van der Waals surface area contributed by atoms with Gasteiger partial charge < -0.3 is 0 Å². The first-order chi connectivity index (χ1) is 17.1. The fraction of sp³-hybridized carbons (Fsp3) is 0.333. The molecule has 2 heterocycles. The number of benzene rings is 2. The van der Waals surface area contributed by atoms with E-state index in [4.69, 9.17) is 9.97 Å². The highest BCUT2D eigenvalue weighted by Gasteiger charge is 2.32. The summed E-state index contributed by atoms with van der Waals surface area (Å²) in [6.07, 6.45) is 6.03. The van der Waals surface area contributed by atoms with Gasteiger partial charge in [-0.15, -0.1) is 0 Å². The van der Waals surface area contributed by atoms with E-state index in [0.29, 0.717) is 5.92 Å². The third-order valence-corrected chi connectivity index (χ3v) is 9.80. The van der Waals surface area contributed by atoms with Crippen LogP contribution in [0, 0.1) is 0 Å². The molecule has 1 unspecified atom stereocenters. The highest BCUT2D eigenvalue weighted by atomic mass is 31.1. The first-order valence-corrected chi connectivity index (χ1v) is 14.3. The first kappa shape index (κ1) is 26.2. The monoisotopic (exact) mass is 494 g/mol. The third kappa shape index (κ3) is 6.48. The van der Waals surface area contributed by atoms with Crippen LogP contribution in [-0.2, 0) is 18.3 Å². The van der Waals surface area contributed by atoms with Crippen LogP contribution >= 0.6 is 7.92 Å². The minimum absolute atomic E-state index is 0.0681. The number of hydrogen-bond donors (Lipinski definition) is 0. The summed E-state index contributed by atoms with van der Waals surface area (Å²) in [6, 6.07) is 30.9. The smallest absolute Gasteiger partial charge is 0.0457 e. The van der Waals surface area contributed by atoms with Gasteiger partial charge in [0.15, 0.2) is 0 Å². The molecule has 0 N–H and O–H groups in total. The molecule has 2 aromatic heterocycles. The van der Waals surface area contributed by atoms with Gasteiger partial charge in [0, 0.05) is 29.2 Å². The van der Waals surface area contributed by atoms with E-state index in [9.17, 15) is 0 Å². The molecular weight excluding hydrogens is 455 g/mol. The highest BCUT2D eigenvalue weighted by molar-refractivity contribution is 7.74. The van der Waals surface area contributed by atoms with Gasteiger partial charge in [-0.25, -0.2) is 0 Å². The van der Waals surface area contributed by atoms with Crippen LogP contribution in [0.25, 0.3) is 0 Å². The van der Waals surface area contributed by atoms with Gasteiger partial charge in [0.25, 0.3) is 0 Å². The van der Waals surface area contributed by atoms with Gasteiger partial charge in [0.1, 0.15) is 0 Å². The van der Waals surface area contributed by atoms with Gasteiger partial charge in [-0.3, -0.25) is 9.97 Å². The maximum absolute atomic E-state index is 4.94. The van der Waals surface area contributed by atoms with Gasteiger partial charge in [-0.2, -0.15) is 0 Å². The number of pyridine rings is 2. The van der Waals surface area contributed by atoms with E-state index in [2.05, 4.69) is 133 Å². The summed E-state index contributed by atoms with van der Waals surface area (Å²) < 4.78 is 0. The molecule has 0 saturated carbocycles. The van der Waals surface area contributed by atoms with Crippen molar-refractivity contribution in [3.63, 3.8) is 0 Å². The Morgan fingerprint density at radius 1 is 0.694 bits per heavy atom. The Hall–Kier alpha value is -2.83. The summed E-state index contributed by atoms with van der Waals surface area (Å²) in [6.45, 7) is 13.7. The third-order valence-electron chi connectivity index (χ3n) is 6.80. The summed E-state index contributed by atoms with van der Waals surface area (Å²) in [4.78, 5) is 9.64. The lowest BCUT2D eigenvalue weighted by molar-refractivity contribution is 0.568. The number of rotatable bonds is 8. The van der Waals surface area contributed by atoms with Crippen LogP contribution < -0.4 is 10.6 Å². The molecule has 0 aliphatic carbocycles. The second-order valence-corrected chi connectivity index (χ2v) is 14.4. The molecule has 4 aromatic rings. The van der Waals surface area contributed by atoms with Crippen molar-refractivity contribution in [2.75, 3.05) is 0 Å². The van der Waals surface area contributed by atoms with E-state index in [0.717, 1.165) is 24.2 Å². The van der Waals surface area contributed by atoms with Crippen molar-refractivity contribution in [3.8, 4) is 0 Å². The van der Waals surface area contributed by atoms with Crippen molar-refractivity contribution in [2.45, 2.75) is 70.9 Å². The molecule has 0 aliphatic rings. The van der Waals surface area contributed by atoms with Crippen LogP contribution in [-0.4, -0.2) is 15.1 Å². The molecule has 0 spiro atoms. The summed E-state index contributed by atoms with van der Waals surface area (Å²) in [5, 5.41) is 2.90. The Morgan fingerprint density at radius 3 is 1.78 bits per heavy atom. The van der Waals surface area contributed by atoms with Crippen molar-refractivity contribution in [3.05, 3.63) is 120 Å². The van der Waals surface area contributed by atoms with E-state index in [-0.39, 0.29) is 10.6 Å². The van der Waals surface area contributed by atoms with Crippen LogP contribution in [0.2, 0.25) is 0 Å². The standard InChI is InChI=1S/C33H39N2P/c1-25(21-26-17-20-31(35-23-26)32(2,3)4)27-18-19-28(34-24-27)22-33(5,6)36(29-13-9-7-10-14-29)30-15-11-8-12-16-30/h7-20,23-25H,21-22H2,1-6H3. The fourth-order valence-electron chi connectivity index (χ4n) is 4.82. The van der Waals surface area contributed by atoms with E-state index in [1.165, 1.54) is 21.7 Å². The predicted molar refractivity (Wildman–Crippen MR) is 156 cm³/mol. The zero-order valence-electron chi connectivity index (χ0n) is 22.6. The van der Waals surface area contributed by atoms with Crippen molar-refractivity contribution in [2.24, 2.45) is 0 Å². The molecule has 36 heavy (non-hydrogen) atoms. The Kier molecular flexibility index (Phi) is 8.06. The van der Waals surface area contributed by atoms with Gasteiger partial charge in [0.05, 0.1) is 0 Å². The minimum Gasteiger partial charge on any atom is -0.261 e. The topological polar surface area (TPSA) is 25.8 Å². The molecule has 2 nitrogen and oxygen atoms in total. The summed E-state index contributed by atoms with van der Waals surface area (Å²) in [5.74, 6) is 0.396. The largest absolute Gasteiger partial charge is 0.261 e. The highest BCUT2D eigenvalue weighted by Crippen LogP contribution is 2.49. The average molecular weight is 495 g/mol.